The molecule has 0 bridgehead atoms. The van der Waals surface area contributed by atoms with Gasteiger partial charge in [0, 0.05) is 41.2 Å². The van der Waals surface area contributed by atoms with E-state index >= 15 is 0 Å². The standard InChI is InChI=1S/C24H23FN4O3/c1-32-20-7-6-13(8-17(20)25)9-19-23-22(15-4-2-3-5-18(15)27-23)16-10-14(30)11-29(12-21(26)31)24(16)28-19/h2-8,14,27,30H,9-12H2,1H3,(H2,26,31). The van der Waals surface area contributed by atoms with Gasteiger partial charge in [-0.05, 0) is 23.8 Å². The average molecular weight is 434 g/mol. The number of nitrogens with one attached hydrogen (secondary N) is 1. The number of hydrogen-bond donors (Lipinski definition) is 3. The number of pyridine rings is 1. The van der Waals surface area contributed by atoms with Crippen molar-refractivity contribution in [2.45, 2.75) is 18.9 Å². The van der Waals surface area contributed by atoms with Crippen LogP contribution in [0.4, 0.5) is 10.2 Å². The predicted molar refractivity (Wildman–Crippen MR) is 120 cm³/mol. The molecule has 0 fully saturated rings. The van der Waals surface area contributed by atoms with E-state index in [1.165, 1.54) is 13.2 Å². The van der Waals surface area contributed by atoms with Gasteiger partial charge in [0.25, 0.3) is 0 Å². The number of para-hydroxylation sites is 1. The highest BCUT2D eigenvalue weighted by molar-refractivity contribution is 6.11. The lowest BCUT2D eigenvalue weighted by molar-refractivity contribution is -0.116. The number of ether oxygens (including phenoxy) is 1. The van der Waals surface area contributed by atoms with Crippen molar-refractivity contribution in [2.75, 3.05) is 25.1 Å². The Morgan fingerprint density at radius 3 is 2.91 bits per heavy atom. The Labute approximate surface area is 183 Å². The number of aromatic amines is 1. The van der Waals surface area contributed by atoms with Crippen molar-refractivity contribution < 1.29 is 19.0 Å². The Kier molecular flexibility index (Phi) is 4.94. The van der Waals surface area contributed by atoms with Crippen LogP contribution in [0.5, 0.6) is 5.75 Å². The second kappa shape index (κ2) is 7.80. The number of primary amides is 1. The van der Waals surface area contributed by atoms with Gasteiger partial charge in [-0.25, -0.2) is 9.37 Å². The number of fused-ring (bicyclic) bond motifs is 5. The van der Waals surface area contributed by atoms with E-state index in [-0.39, 0.29) is 18.8 Å². The molecule has 8 heteroatoms. The molecule has 1 amide bonds. The average Bonchev–Trinajstić information content (AvgIpc) is 3.14. The third-order valence-electron chi connectivity index (χ3n) is 5.91. The fourth-order valence-electron chi connectivity index (χ4n) is 4.60. The molecule has 4 aromatic rings. The lowest BCUT2D eigenvalue weighted by atomic mass is 9.95. The maximum absolute atomic E-state index is 14.3. The second-order valence-electron chi connectivity index (χ2n) is 8.13. The van der Waals surface area contributed by atoms with Gasteiger partial charge < -0.3 is 25.5 Å². The molecule has 1 unspecified atom stereocenters. The first kappa shape index (κ1) is 20.3. The summed E-state index contributed by atoms with van der Waals surface area (Å²) in [6.45, 7) is 0.231. The SMILES string of the molecule is COc1ccc(Cc2nc3c(c4c2[nH]c2ccccc24)CC(O)CN3CC(N)=O)cc1F. The van der Waals surface area contributed by atoms with E-state index in [0.29, 0.717) is 18.7 Å². The molecule has 3 heterocycles. The molecular weight excluding hydrogens is 411 g/mol. The molecular formula is C24H23FN4O3. The first-order valence-corrected chi connectivity index (χ1v) is 10.4. The fourth-order valence-corrected chi connectivity index (χ4v) is 4.60. The molecule has 1 aliphatic rings. The van der Waals surface area contributed by atoms with Gasteiger partial charge in [-0.3, -0.25) is 4.79 Å². The molecule has 2 aromatic carbocycles. The summed E-state index contributed by atoms with van der Waals surface area (Å²) in [5.74, 6) is -0.112. The van der Waals surface area contributed by atoms with Crippen LogP contribution in [0.3, 0.4) is 0 Å². The fraction of sp³-hybridized carbons (Fsp3) is 0.250. The van der Waals surface area contributed by atoms with Crippen molar-refractivity contribution in [3.05, 3.63) is 65.1 Å². The Morgan fingerprint density at radius 2 is 2.16 bits per heavy atom. The van der Waals surface area contributed by atoms with Crippen molar-refractivity contribution >= 4 is 33.5 Å². The van der Waals surface area contributed by atoms with Crippen LogP contribution in [0.2, 0.25) is 0 Å². The lowest BCUT2D eigenvalue weighted by Crippen LogP contribution is -2.43. The van der Waals surface area contributed by atoms with Crippen molar-refractivity contribution in [1.29, 1.82) is 0 Å². The zero-order valence-electron chi connectivity index (χ0n) is 17.6. The third kappa shape index (κ3) is 3.42. The number of nitrogens with zero attached hydrogens (tertiary/aromatic N) is 2. The molecule has 5 rings (SSSR count). The smallest absolute Gasteiger partial charge is 0.237 e. The van der Waals surface area contributed by atoms with Gasteiger partial charge in [0.05, 0.1) is 31.0 Å². The maximum atomic E-state index is 14.3. The minimum absolute atomic E-state index is 0.0402. The van der Waals surface area contributed by atoms with Gasteiger partial charge in [-0.1, -0.05) is 24.3 Å². The van der Waals surface area contributed by atoms with E-state index in [0.717, 1.165) is 38.6 Å². The molecule has 1 aliphatic heterocycles. The van der Waals surface area contributed by atoms with E-state index in [9.17, 15) is 14.3 Å². The zero-order valence-corrected chi connectivity index (χ0v) is 17.6. The van der Waals surface area contributed by atoms with Crippen LogP contribution in [-0.4, -0.2) is 47.3 Å². The van der Waals surface area contributed by atoms with Gasteiger partial charge >= 0.3 is 0 Å². The van der Waals surface area contributed by atoms with Crippen LogP contribution in [0, 0.1) is 5.82 Å². The highest BCUT2D eigenvalue weighted by atomic mass is 19.1. The number of amides is 1. The molecule has 7 nitrogen and oxygen atoms in total. The van der Waals surface area contributed by atoms with Crippen LogP contribution >= 0.6 is 0 Å². The van der Waals surface area contributed by atoms with Gasteiger partial charge in [0.2, 0.25) is 5.91 Å². The summed E-state index contributed by atoms with van der Waals surface area (Å²) in [5, 5.41) is 12.5. The minimum atomic E-state index is -0.637. The number of aromatic nitrogens is 2. The molecule has 4 N–H and O–H groups in total. The molecule has 1 atom stereocenters. The number of rotatable bonds is 5. The number of carbonyl (C=O) groups excluding carboxylic acids is 1. The Hall–Kier alpha value is -3.65. The van der Waals surface area contributed by atoms with E-state index in [2.05, 4.69) is 4.98 Å². The number of halogens is 1. The summed E-state index contributed by atoms with van der Waals surface area (Å²) >= 11 is 0. The topological polar surface area (TPSA) is 104 Å². The van der Waals surface area contributed by atoms with E-state index in [1.54, 1.807) is 11.0 Å². The summed E-state index contributed by atoms with van der Waals surface area (Å²) < 4.78 is 19.3. The van der Waals surface area contributed by atoms with E-state index in [4.69, 9.17) is 15.5 Å². The number of β-amino-alcohol motifs (C(OH)–C–C–N with tert-alkyl or cyclic N) is 1. The van der Waals surface area contributed by atoms with Crippen molar-refractivity contribution in [1.82, 2.24) is 9.97 Å². The van der Waals surface area contributed by atoms with Crippen LogP contribution < -0.4 is 15.4 Å². The van der Waals surface area contributed by atoms with Crippen LogP contribution in [0.25, 0.3) is 21.8 Å². The number of aliphatic hydroxyl groups excluding tert-OH is 1. The first-order valence-electron chi connectivity index (χ1n) is 10.4. The normalized spacial score (nSPS) is 15.8. The third-order valence-corrected chi connectivity index (χ3v) is 5.91. The number of aliphatic hydroxyl groups is 1. The van der Waals surface area contributed by atoms with Crippen LogP contribution in [0.1, 0.15) is 16.8 Å². The predicted octanol–water partition coefficient (Wildman–Crippen LogP) is 2.66. The molecule has 0 spiro atoms. The Balaban J connectivity index is 1.73. The highest BCUT2D eigenvalue weighted by Crippen LogP contribution is 2.38. The van der Waals surface area contributed by atoms with E-state index in [1.807, 2.05) is 30.3 Å². The molecule has 0 saturated heterocycles. The molecule has 2 aromatic heterocycles. The number of nitrogens with two attached hydrogens (primary N) is 1. The van der Waals surface area contributed by atoms with Crippen LogP contribution in [-0.2, 0) is 17.6 Å². The molecule has 0 radical (unpaired) electrons. The number of benzene rings is 2. The quantitative estimate of drug-likeness (QED) is 0.448. The minimum Gasteiger partial charge on any atom is -0.494 e. The number of H-pyrrole nitrogens is 1. The lowest BCUT2D eigenvalue weighted by Gasteiger charge is -2.33. The summed E-state index contributed by atoms with van der Waals surface area (Å²) in [6.07, 6.45) is 0.166. The number of methoxy groups -OCH3 is 1. The molecule has 0 aliphatic carbocycles. The second-order valence-corrected chi connectivity index (χ2v) is 8.13. The number of anilines is 1. The maximum Gasteiger partial charge on any atom is 0.237 e. The summed E-state index contributed by atoms with van der Waals surface area (Å²) in [4.78, 5) is 21.8. The monoisotopic (exact) mass is 434 g/mol. The van der Waals surface area contributed by atoms with E-state index < -0.39 is 17.8 Å². The summed E-state index contributed by atoms with van der Waals surface area (Å²) in [5.41, 5.74) is 9.60. The largest absolute Gasteiger partial charge is 0.494 e. The highest BCUT2D eigenvalue weighted by Gasteiger charge is 2.29. The number of carbonyl (C=O) groups is 1. The Morgan fingerprint density at radius 1 is 1.34 bits per heavy atom. The van der Waals surface area contributed by atoms with Crippen LogP contribution in [0.15, 0.2) is 42.5 Å². The van der Waals surface area contributed by atoms with Crippen molar-refractivity contribution in [2.24, 2.45) is 5.73 Å². The van der Waals surface area contributed by atoms with Gasteiger partial charge in [-0.2, -0.15) is 0 Å². The Bertz CT molecular complexity index is 1350. The first-order chi connectivity index (χ1) is 15.4. The summed E-state index contributed by atoms with van der Waals surface area (Å²) in [7, 11) is 1.43. The summed E-state index contributed by atoms with van der Waals surface area (Å²) in [6, 6.07) is 12.8. The van der Waals surface area contributed by atoms with Gasteiger partial charge in [0.15, 0.2) is 11.6 Å². The van der Waals surface area contributed by atoms with Crippen molar-refractivity contribution in [3.63, 3.8) is 0 Å². The molecule has 164 valence electrons. The zero-order chi connectivity index (χ0) is 22.4. The van der Waals surface area contributed by atoms with Gasteiger partial charge in [0.1, 0.15) is 5.82 Å². The van der Waals surface area contributed by atoms with Gasteiger partial charge in [-0.15, -0.1) is 0 Å². The number of hydrogen-bond acceptors (Lipinski definition) is 5. The molecule has 0 saturated carbocycles. The molecule has 32 heavy (non-hydrogen) atoms. The van der Waals surface area contributed by atoms with Crippen molar-refractivity contribution in [3.8, 4) is 5.75 Å².